The van der Waals surface area contributed by atoms with Gasteiger partial charge in [-0.2, -0.15) is 9.77 Å². The third-order valence-corrected chi connectivity index (χ3v) is 6.73. The van der Waals surface area contributed by atoms with Gasteiger partial charge in [-0.15, -0.1) is 0 Å². The van der Waals surface area contributed by atoms with E-state index in [0.717, 1.165) is 28.1 Å². The normalized spacial score (nSPS) is 11.0. The Bertz CT molecular complexity index is 1670. The molecule has 2 aromatic heterocycles. The van der Waals surface area contributed by atoms with Crippen molar-refractivity contribution in [3.8, 4) is 0 Å². The summed E-state index contributed by atoms with van der Waals surface area (Å²) >= 11 is 11.9. The first-order valence-corrected chi connectivity index (χ1v) is 12.7. The number of carbonyl (C=O) groups excluding carboxylic acids is 2. The van der Waals surface area contributed by atoms with Crippen LogP contribution in [0.15, 0.2) is 56.5 Å². The van der Waals surface area contributed by atoms with Gasteiger partial charge >= 0.3 is 11.3 Å². The topological polar surface area (TPSA) is 157 Å². The quantitative estimate of drug-likeness (QED) is 0.164. The fourth-order valence-corrected chi connectivity index (χ4v) is 4.25. The van der Waals surface area contributed by atoms with Gasteiger partial charge in [-0.1, -0.05) is 29.3 Å². The van der Waals surface area contributed by atoms with E-state index >= 15 is 0 Å². The van der Waals surface area contributed by atoms with Crippen molar-refractivity contribution in [1.29, 1.82) is 0 Å². The van der Waals surface area contributed by atoms with Crippen molar-refractivity contribution in [1.82, 2.24) is 25.3 Å². The van der Waals surface area contributed by atoms with E-state index in [0.29, 0.717) is 26.6 Å². The summed E-state index contributed by atoms with van der Waals surface area (Å²) in [6.07, 6.45) is 0.155. The summed E-state index contributed by atoms with van der Waals surface area (Å²) in [5, 5.41) is 5.33. The first-order valence-electron chi connectivity index (χ1n) is 11.9. The lowest BCUT2D eigenvalue weighted by molar-refractivity contribution is -0.122. The van der Waals surface area contributed by atoms with Crippen LogP contribution in [0.4, 0.5) is 5.69 Å². The van der Waals surface area contributed by atoms with Crippen LogP contribution in [0.3, 0.4) is 0 Å². The number of nitrogen functional groups attached to an aromatic ring is 1. The molecule has 204 valence electrons. The van der Waals surface area contributed by atoms with Gasteiger partial charge in [0.2, 0.25) is 0 Å². The Morgan fingerprint density at radius 2 is 1.77 bits per heavy atom. The van der Waals surface area contributed by atoms with Crippen molar-refractivity contribution in [3.63, 3.8) is 0 Å². The number of aromatic nitrogens is 3. The van der Waals surface area contributed by atoms with Crippen LogP contribution in [0.5, 0.6) is 0 Å². The number of benzene rings is 2. The number of amides is 2. The number of nitrogens with two attached hydrogens (primary N) is 1. The largest absolute Gasteiger partial charge is 0.422 e. The number of nitrogens with zero attached hydrogens (tertiary/aromatic N) is 4. The van der Waals surface area contributed by atoms with Gasteiger partial charge in [-0.25, -0.2) is 14.3 Å². The average molecular weight is 574 g/mol. The van der Waals surface area contributed by atoms with Crippen molar-refractivity contribution >= 4 is 51.7 Å². The standard InChI is InChI=1S/C25H25Cl2N7O5/c1-3-32(4-2)16-7-6-15-11-17(24(37)39-20(15)12-16)23(36)30-29-22(35)13-33-25(38)34(28)21(31-33)10-14-5-8-18(26)19(27)9-14/h5-9,11-12H,3-4,10,13,28H2,1-2H3,(H,29,35)(H,30,36). The maximum Gasteiger partial charge on any atom is 0.365 e. The average Bonchev–Trinajstić information content (AvgIpc) is 3.17. The van der Waals surface area contributed by atoms with Crippen molar-refractivity contribution in [2.45, 2.75) is 26.8 Å². The summed E-state index contributed by atoms with van der Waals surface area (Å²) in [5.74, 6) is 4.32. The van der Waals surface area contributed by atoms with Gasteiger partial charge < -0.3 is 15.2 Å². The lowest BCUT2D eigenvalue weighted by atomic mass is 10.1. The molecule has 0 atom stereocenters. The maximum atomic E-state index is 12.6. The summed E-state index contributed by atoms with van der Waals surface area (Å²) < 4.78 is 6.99. The van der Waals surface area contributed by atoms with E-state index in [2.05, 4.69) is 20.9 Å². The first-order chi connectivity index (χ1) is 18.6. The van der Waals surface area contributed by atoms with Crippen LogP contribution in [-0.4, -0.2) is 39.4 Å². The zero-order valence-electron chi connectivity index (χ0n) is 21.0. The number of nitrogens with one attached hydrogen (secondary N) is 2. The number of rotatable bonds is 8. The van der Waals surface area contributed by atoms with Crippen LogP contribution in [0.1, 0.15) is 35.6 Å². The molecular formula is C25H25Cl2N7O5. The van der Waals surface area contributed by atoms with Crippen molar-refractivity contribution in [2.75, 3.05) is 23.8 Å². The molecule has 0 saturated heterocycles. The molecule has 0 unspecified atom stereocenters. The number of fused-ring (bicyclic) bond motifs is 1. The molecule has 0 fully saturated rings. The SMILES string of the molecule is CCN(CC)c1ccc2cc(C(=O)NNC(=O)Cn3nc(Cc4ccc(Cl)c(Cl)c4)n(N)c3=O)c(=O)oc2c1. The Labute approximate surface area is 231 Å². The highest BCUT2D eigenvalue weighted by Gasteiger charge is 2.18. The molecule has 0 aliphatic heterocycles. The predicted octanol–water partition coefficient (Wildman–Crippen LogP) is 2.07. The molecule has 4 N–H and O–H groups in total. The Morgan fingerprint density at radius 1 is 1.03 bits per heavy atom. The molecule has 0 aliphatic carbocycles. The van der Waals surface area contributed by atoms with Gasteiger partial charge in [-0.05, 0) is 49.7 Å². The molecule has 2 aromatic carbocycles. The summed E-state index contributed by atoms with van der Waals surface area (Å²) in [6, 6.07) is 11.6. The van der Waals surface area contributed by atoms with Crippen LogP contribution in [-0.2, 0) is 17.8 Å². The Kier molecular flexibility index (Phi) is 8.27. The minimum absolute atomic E-state index is 0.155. The number of hydrogen-bond acceptors (Lipinski definition) is 8. The monoisotopic (exact) mass is 573 g/mol. The first kappa shape index (κ1) is 27.7. The Morgan fingerprint density at radius 3 is 2.46 bits per heavy atom. The number of hydrogen-bond donors (Lipinski definition) is 3. The molecule has 14 heteroatoms. The zero-order chi connectivity index (χ0) is 28.3. The van der Waals surface area contributed by atoms with Crippen molar-refractivity contribution in [2.24, 2.45) is 0 Å². The fourth-order valence-electron chi connectivity index (χ4n) is 3.93. The minimum Gasteiger partial charge on any atom is -0.422 e. The minimum atomic E-state index is -0.885. The third kappa shape index (κ3) is 6.07. The lowest BCUT2D eigenvalue weighted by Gasteiger charge is -2.21. The predicted molar refractivity (Wildman–Crippen MR) is 148 cm³/mol. The molecule has 2 heterocycles. The van der Waals surface area contributed by atoms with Gasteiger partial charge in [-0.3, -0.25) is 20.4 Å². The molecule has 0 saturated carbocycles. The Balaban J connectivity index is 1.42. The van der Waals surface area contributed by atoms with E-state index in [1.54, 1.807) is 30.3 Å². The third-order valence-electron chi connectivity index (χ3n) is 5.99. The molecule has 0 bridgehead atoms. The second kappa shape index (κ2) is 11.6. The smallest absolute Gasteiger partial charge is 0.365 e. The second-order valence-corrected chi connectivity index (χ2v) is 9.31. The second-order valence-electron chi connectivity index (χ2n) is 8.50. The summed E-state index contributed by atoms with van der Waals surface area (Å²) in [4.78, 5) is 52.0. The van der Waals surface area contributed by atoms with E-state index < -0.39 is 29.7 Å². The van der Waals surface area contributed by atoms with E-state index in [9.17, 15) is 19.2 Å². The van der Waals surface area contributed by atoms with Gasteiger partial charge in [0.25, 0.3) is 11.8 Å². The van der Waals surface area contributed by atoms with Crippen LogP contribution in [0.2, 0.25) is 10.0 Å². The molecule has 0 radical (unpaired) electrons. The molecular weight excluding hydrogens is 549 g/mol. The van der Waals surface area contributed by atoms with E-state index in [1.165, 1.54) is 6.07 Å². The molecule has 39 heavy (non-hydrogen) atoms. The Hall–Kier alpha value is -4.29. The highest BCUT2D eigenvalue weighted by molar-refractivity contribution is 6.42. The number of carbonyl (C=O) groups is 2. The van der Waals surface area contributed by atoms with E-state index in [-0.39, 0.29) is 17.8 Å². The van der Waals surface area contributed by atoms with Gasteiger partial charge in [0.1, 0.15) is 17.7 Å². The zero-order valence-corrected chi connectivity index (χ0v) is 22.5. The van der Waals surface area contributed by atoms with Crippen LogP contribution < -0.4 is 32.9 Å². The summed E-state index contributed by atoms with van der Waals surface area (Å²) in [5.41, 5.74) is 4.31. The molecule has 4 aromatic rings. The number of halogens is 2. The number of anilines is 1. The van der Waals surface area contributed by atoms with E-state index in [4.69, 9.17) is 33.5 Å². The van der Waals surface area contributed by atoms with Gasteiger partial charge in [0, 0.05) is 36.7 Å². The van der Waals surface area contributed by atoms with E-state index in [1.807, 2.05) is 19.9 Å². The molecule has 4 rings (SSSR count). The van der Waals surface area contributed by atoms with Crippen LogP contribution in [0, 0.1) is 0 Å². The number of hydrazine groups is 1. The van der Waals surface area contributed by atoms with Crippen LogP contribution in [0.25, 0.3) is 11.0 Å². The van der Waals surface area contributed by atoms with Gasteiger partial charge in [0.15, 0.2) is 5.82 Å². The highest BCUT2D eigenvalue weighted by atomic mass is 35.5. The van der Waals surface area contributed by atoms with Gasteiger partial charge in [0.05, 0.1) is 10.0 Å². The fraction of sp³-hybridized carbons (Fsp3) is 0.240. The summed E-state index contributed by atoms with van der Waals surface area (Å²) in [6.45, 7) is 5.05. The molecule has 2 amide bonds. The van der Waals surface area contributed by atoms with Crippen LogP contribution >= 0.6 is 23.2 Å². The highest BCUT2D eigenvalue weighted by Crippen LogP contribution is 2.24. The molecule has 0 aliphatic rings. The van der Waals surface area contributed by atoms with Crippen molar-refractivity contribution < 1.29 is 14.0 Å². The molecule has 12 nitrogen and oxygen atoms in total. The maximum absolute atomic E-state index is 12.6. The molecule has 0 spiro atoms. The van der Waals surface area contributed by atoms with Crippen molar-refractivity contribution in [3.05, 3.63) is 90.4 Å². The lowest BCUT2D eigenvalue weighted by Crippen LogP contribution is -2.45. The summed E-state index contributed by atoms with van der Waals surface area (Å²) in [7, 11) is 0.